The Morgan fingerprint density at radius 1 is 1.41 bits per heavy atom. The Bertz CT molecular complexity index is 288. The van der Waals surface area contributed by atoms with Gasteiger partial charge in [-0.3, -0.25) is 0 Å². The van der Waals surface area contributed by atoms with Crippen molar-refractivity contribution in [2.24, 2.45) is 5.92 Å². The summed E-state index contributed by atoms with van der Waals surface area (Å²) in [7, 11) is 0. The van der Waals surface area contributed by atoms with Crippen molar-refractivity contribution in [2.75, 3.05) is 6.54 Å². The average Bonchev–Trinajstić information content (AvgIpc) is 2.99. The molecule has 1 aliphatic rings. The molecule has 96 valence electrons. The molecule has 1 heterocycles. The van der Waals surface area contributed by atoms with Crippen LogP contribution in [0.4, 0.5) is 0 Å². The van der Waals surface area contributed by atoms with Crippen molar-refractivity contribution in [3.8, 4) is 0 Å². The van der Waals surface area contributed by atoms with E-state index in [1.54, 1.807) is 0 Å². The normalized spacial score (nSPS) is 18.6. The second kappa shape index (κ2) is 7.17. The quantitative estimate of drug-likeness (QED) is 0.764. The largest absolute Gasteiger partial charge is 0.314 e. The molecule has 2 rings (SSSR count). The van der Waals surface area contributed by atoms with Crippen LogP contribution in [0.1, 0.15) is 50.3 Å². The molecule has 1 fully saturated rings. The average molecular weight is 251 g/mol. The van der Waals surface area contributed by atoms with E-state index in [1.165, 1.54) is 49.8 Å². The van der Waals surface area contributed by atoms with Gasteiger partial charge in [-0.05, 0) is 43.2 Å². The van der Waals surface area contributed by atoms with Gasteiger partial charge < -0.3 is 5.32 Å². The number of nitrogens with one attached hydrogen (secondary N) is 1. The summed E-state index contributed by atoms with van der Waals surface area (Å²) in [6.45, 7) is 3.32. The van der Waals surface area contributed by atoms with Crippen LogP contribution in [0, 0.1) is 5.92 Å². The van der Waals surface area contributed by atoms with Gasteiger partial charge in [0.1, 0.15) is 0 Å². The summed E-state index contributed by atoms with van der Waals surface area (Å²) in [6, 6.07) is 5.13. The molecule has 2 heteroatoms. The molecule has 0 spiro atoms. The first-order chi connectivity index (χ1) is 8.38. The molecule has 1 aromatic heterocycles. The van der Waals surface area contributed by atoms with E-state index in [2.05, 4.69) is 29.8 Å². The highest BCUT2D eigenvalue weighted by atomic mass is 32.1. The number of likely N-dealkylation sites (N-methyl/N-ethyl adjacent to an activating group) is 1. The molecule has 0 saturated heterocycles. The third-order valence-corrected chi connectivity index (χ3v) is 4.82. The first-order valence-electron chi connectivity index (χ1n) is 7.14. The first kappa shape index (κ1) is 13.1. The smallest absolute Gasteiger partial charge is 0.0115 e. The van der Waals surface area contributed by atoms with Gasteiger partial charge in [-0.25, -0.2) is 0 Å². The molecule has 1 aromatic rings. The van der Waals surface area contributed by atoms with Crippen LogP contribution in [0.2, 0.25) is 0 Å². The van der Waals surface area contributed by atoms with E-state index in [9.17, 15) is 0 Å². The Hall–Kier alpha value is -0.340. The Morgan fingerprint density at radius 2 is 2.24 bits per heavy atom. The van der Waals surface area contributed by atoms with Crippen LogP contribution in [0.3, 0.4) is 0 Å². The Balaban J connectivity index is 1.75. The van der Waals surface area contributed by atoms with Gasteiger partial charge in [0.15, 0.2) is 0 Å². The molecule has 0 aliphatic heterocycles. The van der Waals surface area contributed by atoms with Crippen molar-refractivity contribution in [3.05, 3.63) is 22.4 Å². The molecular formula is C15H25NS. The fraction of sp³-hybridized carbons (Fsp3) is 0.733. The second-order valence-corrected chi connectivity index (χ2v) is 6.30. The SMILES string of the molecule is CCNC(CCC1CCCC1)Cc1cccs1. The molecule has 1 aliphatic carbocycles. The summed E-state index contributed by atoms with van der Waals surface area (Å²) in [5.74, 6) is 1.03. The highest BCUT2D eigenvalue weighted by Crippen LogP contribution is 2.29. The standard InChI is InChI=1S/C15H25NS/c1-2-16-14(12-15-8-5-11-17-15)10-9-13-6-3-4-7-13/h5,8,11,13-14,16H,2-4,6-7,9-10,12H2,1H3. The minimum Gasteiger partial charge on any atom is -0.314 e. The van der Waals surface area contributed by atoms with Crippen LogP contribution in [0.5, 0.6) is 0 Å². The maximum atomic E-state index is 3.65. The van der Waals surface area contributed by atoms with Crippen LogP contribution in [-0.4, -0.2) is 12.6 Å². The van der Waals surface area contributed by atoms with Crippen LogP contribution < -0.4 is 5.32 Å². The summed E-state index contributed by atoms with van der Waals surface area (Å²) < 4.78 is 0. The van der Waals surface area contributed by atoms with Crippen LogP contribution in [0.25, 0.3) is 0 Å². The Labute approximate surface area is 110 Å². The Kier molecular flexibility index (Phi) is 5.53. The lowest BCUT2D eigenvalue weighted by molar-refractivity contribution is 0.408. The third-order valence-electron chi connectivity index (χ3n) is 3.92. The molecule has 1 atom stereocenters. The number of thiophene rings is 1. The zero-order valence-corrected chi connectivity index (χ0v) is 11.8. The highest BCUT2D eigenvalue weighted by Gasteiger charge is 2.17. The molecule has 1 nitrogen and oxygen atoms in total. The zero-order chi connectivity index (χ0) is 11.9. The van der Waals surface area contributed by atoms with Gasteiger partial charge >= 0.3 is 0 Å². The van der Waals surface area contributed by atoms with Gasteiger partial charge in [0.25, 0.3) is 0 Å². The molecule has 0 radical (unpaired) electrons. The van der Waals surface area contributed by atoms with Gasteiger partial charge in [-0.1, -0.05) is 38.7 Å². The van der Waals surface area contributed by atoms with Crippen molar-refractivity contribution in [1.29, 1.82) is 0 Å². The van der Waals surface area contributed by atoms with Crippen LogP contribution in [-0.2, 0) is 6.42 Å². The van der Waals surface area contributed by atoms with E-state index in [-0.39, 0.29) is 0 Å². The zero-order valence-electron chi connectivity index (χ0n) is 11.0. The molecule has 17 heavy (non-hydrogen) atoms. The monoisotopic (exact) mass is 251 g/mol. The molecular weight excluding hydrogens is 226 g/mol. The maximum absolute atomic E-state index is 3.65. The van der Waals surface area contributed by atoms with E-state index < -0.39 is 0 Å². The summed E-state index contributed by atoms with van der Waals surface area (Å²) in [4.78, 5) is 1.53. The van der Waals surface area contributed by atoms with Crippen molar-refractivity contribution < 1.29 is 0 Å². The van der Waals surface area contributed by atoms with Crippen molar-refractivity contribution in [1.82, 2.24) is 5.32 Å². The van der Waals surface area contributed by atoms with Crippen LogP contribution >= 0.6 is 11.3 Å². The van der Waals surface area contributed by atoms with E-state index >= 15 is 0 Å². The molecule has 1 N–H and O–H groups in total. The van der Waals surface area contributed by atoms with E-state index in [4.69, 9.17) is 0 Å². The van der Waals surface area contributed by atoms with Crippen molar-refractivity contribution in [3.63, 3.8) is 0 Å². The highest BCUT2D eigenvalue weighted by molar-refractivity contribution is 7.09. The summed E-state index contributed by atoms with van der Waals surface area (Å²) in [6.07, 6.45) is 9.93. The maximum Gasteiger partial charge on any atom is 0.0115 e. The van der Waals surface area contributed by atoms with Crippen molar-refractivity contribution in [2.45, 2.75) is 57.9 Å². The fourth-order valence-electron chi connectivity index (χ4n) is 2.97. The third kappa shape index (κ3) is 4.44. The van der Waals surface area contributed by atoms with E-state index in [1.807, 2.05) is 11.3 Å². The Morgan fingerprint density at radius 3 is 2.88 bits per heavy atom. The summed E-state index contributed by atoms with van der Waals surface area (Å²) in [5.41, 5.74) is 0. The molecule has 0 bridgehead atoms. The van der Waals surface area contributed by atoms with Crippen LogP contribution in [0.15, 0.2) is 17.5 Å². The summed E-state index contributed by atoms with van der Waals surface area (Å²) >= 11 is 1.90. The lowest BCUT2D eigenvalue weighted by Gasteiger charge is -2.19. The second-order valence-electron chi connectivity index (χ2n) is 5.27. The minimum atomic E-state index is 0.694. The number of hydrogen-bond acceptors (Lipinski definition) is 2. The fourth-order valence-corrected chi connectivity index (χ4v) is 3.76. The van der Waals surface area contributed by atoms with Gasteiger partial charge in [0, 0.05) is 10.9 Å². The van der Waals surface area contributed by atoms with E-state index in [0.29, 0.717) is 6.04 Å². The summed E-state index contributed by atoms with van der Waals surface area (Å²) in [5, 5.41) is 5.84. The minimum absolute atomic E-state index is 0.694. The van der Waals surface area contributed by atoms with Gasteiger partial charge in [0.2, 0.25) is 0 Å². The van der Waals surface area contributed by atoms with Gasteiger partial charge in [0.05, 0.1) is 0 Å². The lowest BCUT2D eigenvalue weighted by atomic mass is 9.97. The van der Waals surface area contributed by atoms with Crippen molar-refractivity contribution >= 4 is 11.3 Å². The molecule has 1 unspecified atom stereocenters. The molecule has 0 amide bonds. The lowest BCUT2D eigenvalue weighted by Crippen LogP contribution is -2.31. The number of hydrogen-bond donors (Lipinski definition) is 1. The topological polar surface area (TPSA) is 12.0 Å². The van der Waals surface area contributed by atoms with Gasteiger partial charge in [-0.2, -0.15) is 0 Å². The molecule has 1 saturated carbocycles. The molecule has 0 aromatic carbocycles. The van der Waals surface area contributed by atoms with Gasteiger partial charge in [-0.15, -0.1) is 11.3 Å². The predicted molar refractivity (Wildman–Crippen MR) is 76.7 cm³/mol. The first-order valence-corrected chi connectivity index (χ1v) is 8.02. The predicted octanol–water partition coefficient (Wildman–Crippen LogP) is 4.24. The number of rotatable bonds is 7. The van der Waals surface area contributed by atoms with E-state index in [0.717, 1.165) is 12.5 Å².